The lowest BCUT2D eigenvalue weighted by Gasteiger charge is -2.05. The van der Waals surface area contributed by atoms with Gasteiger partial charge < -0.3 is 10.6 Å². The average molecular weight is 416 g/mol. The predicted octanol–water partition coefficient (Wildman–Crippen LogP) is 4.08. The van der Waals surface area contributed by atoms with Crippen molar-refractivity contribution in [3.05, 3.63) is 70.5 Å². The Morgan fingerprint density at radius 3 is 2.82 bits per heavy atom. The zero-order chi connectivity index (χ0) is 19.8. The van der Waals surface area contributed by atoms with Crippen LogP contribution in [0.1, 0.15) is 17.7 Å². The summed E-state index contributed by atoms with van der Waals surface area (Å²) >= 11 is 7.20. The number of carbonyl (C=O) groups excluding carboxylic acids is 2. The second kappa shape index (κ2) is 9.82. The van der Waals surface area contributed by atoms with E-state index >= 15 is 0 Å². The molecule has 0 unspecified atom stereocenters. The fourth-order valence-corrected chi connectivity index (χ4v) is 3.27. The number of halogens is 1. The molecule has 9 heteroatoms. The summed E-state index contributed by atoms with van der Waals surface area (Å²) in [6.45, 7) is 0.445. The van der Waals surface area contributed by atoms with Gasteiger partial charge in [0, 0.05) is 41.4 Å². The van der Waals surface area contributed by atoms with Crippen LogP contribution in [-0.2, 0) is 17.8 Å². The maximum atomic E-state index is 12.0. The number of hydrogen-bond acceptors (Lipinski definition) is 5. The van der Waals surface area contributed by atoms with Crippen molar-refractivity contribution < 1.29 is 9.59 Å². The molecule has 2 heterocycles. The van der Waals surface area contributed by atoms with Crippen LogP contribution in [0.4, 0.5) is 15.6 Å². The van der Waals surface area contributed by atoms with E-state index in [1.54, 1.807) is 36.7 Å². The Bertz CT molecular complexity index is 948. The van der Waals surface area contributed by atoms with Crippen LogP contribution in [0.25, 0.3) is 0 Å². The monoisotopic (exact) mass is 415 g/mol. The van der Waals surface area contributed by atoms with Gasteiger partial charge in [-0.25, -0.2) is 9.78 Å². The quantitative estimate of drug-likeness (QED) is 0.541. The summed E-state index contributed by atoms with van der Waals surface area (Å²) in [6, 6.07) is 10.2. The third-order valence-corrected chi connectivity index (χ3v) is 4.72. The summed E-state index contributed by atoms with van der Waals surface area (Å²) in [6.07, 6.45) is 4.21. The fourth-order valence-electron chi connectivity index (χ4n) is 2.34. The minimum atomic E-state index is -0.405. The van der Waals surface area contributed by atoms with Gasteiger partial charge in [-0.3, -0.25) is 15.1 Å². The van der Waals surface area contributed by atoms with Crippen LogP contribution in [0.2, 0.25) is 5.02 Å². The maximum absolute atomic E-state index is 12.0. The second-order valence-electron chi connectivity index (χ2n) is 5.87. The van der Waals surface area contributed by atoms with E-state index in [9.17, 15) is 9.59 Å². The number of benzene rings is 1. The highest BCUT2D eigenvalue weighted by Gasteiger charge is 2.09. The van der Waals surface area contributed by atoms with E-state index in [0.29, 0.717) is 35.2 Å². The van der Waals surface area contributed by atoms with Crippen LogP contribution in [0.3, 0.4) is 0 Å². The highest BCUT2D eigenvalue weighted by molar-refractivity contribution is 7.13. The first-order valence-corrected chi connectivity index (χ1v) is 9.78. The summed E-state index contributed by atoms with van der Waals surface area (Å²) in [5.41, 5.74) is 2.29. The van der Waals surface area contributed by atoms with Gasteiger partial charge in [-0.1, -0.05) is 23.7 Å². The van der Waals surface area contributed by atoms with Crippen molar-refractivity contribution in [1.82, 2.24) is 15.3 Å². The normalized spacial score (nSPS) is 10.3. The van der Waals surface area contributed by atoms with Crippen molar-refractivity contribution >= 4 is 45.7 Å². The lowest BCUT2D eigenvalue weighted by molar-refractivity contribution is -0.121. The van der Waals surface area contributed by atoms with Gasteiger partial charge >= 0.3 is 6.03 Å². The van der Waals surface area contributed by atoms with Gasteiger partial charge in [0.1, 0.15) is 0 Å². The van der Waals surface area contributed by atoms with Crippen molar-refractivity contribution in [3.8, 4) is 0 Å². The van der Waals surface area contributed by atoms with Gasteiger partial charge in [-0.15, -0.1) is 11.3 Å². The number of rotatable bonds is 7. The Balaban J connectivity index is 1.42. The van der Waals surface area contributed by atoms with E-state index in [1.165, 1.54) is 11.3 Å². The molecule has 144 valence electrons. The van der Waals surface area contributed by atoms with Gasteiger partial charge in [-0.2, -0.15) is 0 Å². The minimum Gasteiger partial charge on any atom is -0.352 e. The largest absolute Gasteiger partial charge is 0.352 e. The number of amides is 3. The van der Waals surface area contributed by atoms with Gasteiger partial charge in [0.05, 0.1) is 5.69 Å². The average Bonchev–Trinajstić information content (AvgIpc) is 3.12. The molecule has 0 saturated heterocycles. The number of carbonyl (C=O) groups is 2. The molecule has 0 spiro atoms. The molecule has 7 nitrogen and oxygen atoms in total. The van der Waals surface area contributed by atoms with Gasteiger partial charge in [0.25, 0.3) is 0 Å². The molecule has 0 fully saturated rings. The molecule has 3 N–H and O–H groups in total. The number of aromatic nitrogens is 2. The highest BCUT2D eigenvalue weighted by atomic mass is 35.5. The first-order valence-electron chi connectivity index (χ1n) is 8.52. The number of nitrogens with zero attached hydrogens (tertiary/aromatic N) is 2. The molecule has 0 aliphatic carbocycles. The number of thiazole rings is 1. The van der Waals surface area contributed by atoms with E-state index in [4.69, 9.17) is 11.6 Å². The zero-order valence-electron chi connectivity index (χ0n) is 14.8. The molecular weight excluding hydrogens is 398 g/mol. The topological polar surface area (TPSA) is 96.0 Å². The summed E-state index contributed by atoms with van der Waals surface area (Å²) in [4.78, 5) is 32.3. The first-order chi connectivity index (χ1) is 13.6. The number of hydrogen-bond donors (Lipinski definition) is 3. The van der Waals surface area contributed by atoms with Crippen molar-refractivity contribution in [3.63, 3.8) is 0 Å². The van der Waals surface area contributed by atoms with E-state index < -0.39 is 6.03 Å². The molecule has 28 heavy (non-hydrogen) atoms. The number of pyridine rings is 1. The highest BCUT2D eigenvalue weighted by Crippen LogP contribution is 2.18. The lowest BCUT2D eigenvalue weighted by atomic mass is 10.2. The molecule has 0 saturated carbocycles. The van der Waals surface area contributed by atoms with Gasteiger partial charge in [0.2, 0.25) is 5.91 Å². The third kappa shape index (κ3) is 6.33. The minimum absolute atomic E-state index is 0.0648. The summed E-state index contributed by atoms with van der Waals surface area (Å²) < 4.78 is 0. The Morgan fingerprint density at radius 1 is 1.14 bits per heavy atom. The zero-order valence-corrected chi connectivity index (χ0v) is 16.4. The molecule has 2 aromatic heterocycles. The van der Waals surface area contributed by atoms with E-state index in [2.05, 4.69) is 25.9 Å². The van der Waals surface area contributed by atoms with E-state index in [-0.39, 0.29) is 5.91 Å². The number of anilines is 2. The summed E-state index contributed by atoms with van der Waals surface area (Å²) in [5, 5.41) is 11.0. The number of nitrogens with one attached hydrogen (secondary N) is 3. The fraction of sp³-hybridized carbons (Fsp3) is 0.158. The van der Waals surface area contributed by atoms with Crippen LogP contribution < -0.4 is 16.0 Å². The second-order valence-corrected chi connectivity index (χ2v) is 7.17. The standard InChI is InChI=1S/C19H18ClN5O2S/c20-14-4-1-5-15(9-14)23-18(27)25-19-24-16(12-28-19)6-7-17(26)22-11-13-3-2-8-21-10-13/h1-5,8-10,12H,6-7,11H2,(H,22,26)(H2,23,24,25,27). The molecule has 0 aliphatic heterocycles. The lowest BCUT2D eigenvalue weighted by Crippen LogP contribution is -2.23. The predicted molar refractivity (Wildman–Crippen MR) is 111 cm³/mol. The molecule has 0 bridgehead atoms. The molecule has 0 aliphatic rings. The van der Waals surface area contributed by atoms with Crippen LogP contribution in [0.15, 0.2) is 54.2 Å². The van der Waals surface area contributed by atoms with Crippen LogP contribution in [0.5, 0.6) is 0 Å². The molecular formula is C19H18ClN5O2S. The van der Waals surface area contributed by atoms with Crippen molar-refractivity contribution in [2.24, 2.45) is 0 Å². The van der Waals surface area contributed by atoms with Crippen molar-refractivity contribution in [1.29, 1.82) is 0 Å². The van der Waals surface area contributed by atoms with Gasteiger partial charge in [-0.05, 0) is 36.2 Å². The molecule has 0 atom stereocenters. The van der Waals surface area contributed by atoms with Crippen LogP contribution in [-0.4, -0.2) is 21.9 Å². The van der Waals surface area contributed by atoms with E-state index in [0.717, 1.165) is 11.3 Å². The first kappa shape index (κ1) is 19.8. The third-order valence-electron chi connectivity index (χ3n) is 3.68. The Kier molecular flexibility index (Phi) is 6.94. The Morgan fingerprint density at radius 2 is 2.04 bits per heavy atom. The van der Waals surface area contributed by atoms with E-state index in [1.807, 2.05) is 17.5 Å². The maximum Gasteiger partial charge on any atom is 0.325 e. The summed E-state index contributed by atoms with van der Waals surface area (Å²) in [7, 11) is 0. The summed E-state index contributed by atoms with van der Waals surface area (Å²) in [5.74, 6) is -0.0648. The van der Waals surface area contributed by atoms with Crippen LogP contribution in [0, 0.1) is 0 Å². The number of urea groups is 1. The number of aryl methyl sites for hydroxylation is 1. The van der Waals surface area contributed by atoms with Crippen molar-refractivity contribution in [2.45, 2.75) is 19.4 Å². The molecule has 3 aromatic rings. The SMILES string of the molecule is O=C(CCc1csc(NC(=O)Nc2cccc(Cl)c2)n1)NCc1cccnc1. The van der Waals surface area contributed by atoms with Crippen LogP contribution >= 0.6 is 22.9 Å². The van der Waals surface area contributed by atoms with Gasteiger partial charge in [0.15, 0.2) is 5.13 Å². The molecule has 3 amide bonds. The van der Waals surface area contributed by atoms with Crippen molar-refractivity contribution in [2.75, 3.05) is 10.6 Å². The Labute approximate surface area is 171 Å². The molecule has 3 rings (SSSR count). The molecule has 1 aromatic carbocycles. The smallest absolute Gasteiger partial charge is 0.325 e. The Hall–Kier alpha value is -2.97. The molecule has 0 radical (unpaired) electrons.